The Bertz CT molecular complexity index is 588. The van der Waals surface area contributed by atoms with Crippen molar-refractivity contribution in [2.75, 3.05) is 6.54 Å². The number of nitrogens with zero attached hydrogens (tertiary/aromatic N) is 2. The molecule has 19 heavy (non-hydrogen) atoms. The maximum Gasteiger partial charge on any atom is 0.145 e. The van der Waals surface area contributed by atoms with Gasteiger partial charge in [0, 0.05) is 5.56 Å². The zero-order chi connectivity index (χ0) is 14.0. The van der Waals surface area contributed by atoms with Gasteiger partial charge in [0.15, 0.2) is 0 Å². The Balaban J connectivity index is 2.57. The highest BCUT2D eigenvalue weighted by molar-refractivity contribution is 9.10. The van der Waals surface area contributed by atoms with Gasteiger partial charge in [0.1, 0.15) is 11.6 Å². The van der Waals surface area contributed by atoms with Crippen LogP contribution in [0.5, 0.6) is 0 Å². The van der Waals surface area contributed by atoms with Crippen molar-refractivity contribution in [2.45, 2.75) is 19.9 Å². The number of rotatable bonds is 4. The van der Waals surface area contributed by atoms with E-state index in [0.29, 0.717) is 12.2 Å². The number of hydrogen-bond donors (Lipinski definition) is 1. The lowest BCUT2D eigenvalue weighted by Gasteiger charge is -2.19. The number of benzene rings is 1. The van der Waals surface area contributed by atoms with Gasteiger partial charge in [0.25, 0.3) is 0 Å². The molecule has 2 rings (SSSR count). The van der Waals surface area contributed by atoms with E-state index in [0.717, 1.165) is 16.4 Å². The molecule has 7 heteroatoms. The highest BCUT2D eigenvalue weighted by Crippen LogP contribution is 2.33. The molecule has 1 unspecified atom stereocenters. The summed E-state index contributed by atoms with van der Waals surface area (Å²) in [5.74, 6) is -1.18. The van der Waals surface area contributed by atoms with Crippen LogP contribution in [0.15, 0.2) is 16.6 Å². The van der Waals surface area contributed by atoms with E-state index in [1.54, 1.807) is 6.92 Å². The Hall–Kier alpha value is -0.920. The van der Waals surface area contributed by atoms with Gasteiger partial charge in [0.2, 0.25) is 0 Å². The molecule has 1 aromatic carbocycles. The van der Waals surface area contributed by atoms with Gasteiger partial charge < -0.3 is 5.32 Å². The first kappa shape index (κ1) is 14.5. The lowest BCUT2D eigenvalue weighted by atomic mass is 10.0. The Morgan fingerprint density at radius 1 is 1.42 bits per heavy atom. The summed E-state index contributed by atoms with van der Waals surface area (Å²) >= 11 is 4.23. The van der Waals surface area contributed by atoms with E-state index in [9.17, 15) is 8.78 Å². The normalized spacial score (nSPS) is 12.7. The van der Waals surface area contributed by atoms with Crippen molar-refractivity contribution in [3.8, 4) is 0 Å². The fourth-order valence-corrected chi connectivity index (χ4v) is 2.92. The molecule has 1 atom stereocenters. The summed E-state index contributed by atoms with van der Waals surface area (Å²) in [5.41, 5.74) is 0.667. The topological polar surface area (TPSA) is 37.8 Å². The second-order valence-corrected chi connectivity index (χ2v) is 5.61. The van der Waals surface area contributed by atoms with Crippen LogP contribution in [0.2, 0.25) is 0 Å². The standard InChI is InChI=1S/C12H12BrF2N3S/c1-3-16-11(12-6(2)17-18-19-12)9-8(14)5-4-7(13)10(9)15/h4-5,11,16H,3H2,1-2H3. The van der Waals surface area contributed by atoms with Gasteiger partial charge >= 0.3 is 0 Å². The molecule has 1 N–H and O–H groups in total. The molecule has 0 aliphatic heterocycles. The van der Waals surface area contributed by atoms with Gasteiger partial charge in [-0.15, -0.1) is 5.10 Å². The van der Waals surface area contributed by atoms with Crippen molar-refractivity contribution in [1.29, 1.82) is 0 Å². The lowest BCUT2D eigenvalue weighted by Crippen LogP contribution is -2.24. The molecule has 3 nitrogen and oxygen atoms in total. The second kappa shape index (κ2) is 6.02. The maximum atomic E-state index is 14.2. The lowest BCUT2D eigenvalue weighted by molar-refractivity contribution is 0.509. The van der Waals surface area contributed by atoms with Crippen LogP contribution >= 0.6 is 27.5 Å². The van der Waals surface area contributed by atoms with Crippen LogP contribution in [-0.4, -0.2) is 16.1 Å². The minimum Gasteiger partial charge on any atom is -0.306 e. The van der Waals surface area contributed by atoms with Crippen LogP contribution < -0.4 is 5.32 Å². The van der Waals surface area contributed by atoms with Gasteiger partial charge in [-0.2, -0.15) is 0 Å². The molecule has 0 radical (unpaired) electrons. The average Bonchev–Trinajstić information content (AvgIpc) is 2.79. The molecular formula is C12H12BrF2N3S. The summed E-state index contributed by atoms with van der Waals surface area (Å²) in [5, 5.41) is 6.98. The Morgan fingerprint density at radius 2 is 2.16 bits per heavy atom. The summed E-state index contributed by atoms with van der Waals surface area (Å²) in [7, 11) is 0. The van der Waals surface area contributed by atoms with Crippen LogP contribution in [0.4, 0.5) is 8.78 Å². The minimum atomic E-state index is -0.598. The van der Waals surface area contributed by atoms with Gasteiger partial charge in [-0.25, -0.2) is 8.78 Å². The van der Waals surface area contributed by atoms with Crippen molar-refractivity contribution in [3.63, 3.8) is 0 Å². The maximum absolute atomic E-state index is 14.2. The van der Waals surface area contributed by atoms with E-state index >= 15 is 0 Å². The molecule has 2 aromatic rings. The third-order valence-electron chi connectivity index (χ3n) is 2.73. The van der Waals surface area contributed by atoms with E-state index in [2.05, 4.69) is 30.8 Å². The van der Waals surface area contributed by atoms with E-state index in [1.807, 2.05) is 6.92 Å². The molecule has 0 bridgehead atoms. The van der Waals surface area contributed by atoms with Gasteiger partial charge in [0.05, 0.1) is 21.1 Å². The average molecular weight is 348 g/mol. The van der Waals surface area contributed by atoms with Crippen LogP contribution in [-0.2, 0) is 0 Å². The van der Waals surface area contributed by atoms with E-state index < -0.39 is 17.7 Å². The SMILES string of the molecule is CCNC(c1snnc1C)c1c(F)ccc(Br)c1F. The first-order chi connectivity index (χ1) is 9.06. The van der Waals surface area contributed by atoms with E-state index in [1.165, 1.54) is 12.1 Å². The third kappa shape index (κ3) is 2.82. The van der Waals surface area contributed by atoms with Crippen LogP contribution in [0.3, 0.4) is 0 Å². The largest absolute Gasteiger partial charge is 0.306 e. The molecule has 0 aliphatic rings. The smallest absolute Gasteiger partial charge is 0.145 e. The highest BCUT2D eigenvalue weighted by atomic mass is 79.9. The summed E-state index contributed by atoms with van der Waals surface area (Å²) in [6.07, 6.45) is 0. The molecule has 1 aromatic heterocycles. The van der Waals surface area contributed by atoms with Crippen molar-refractivity contribution in [1.82, 2.24) is 14.9 Å². The molecule has 0 spiro atoms. The Kier molecular flexibility index (Phi) is 4.59. The van der Waals surface area contributed by atoms with E-state index in [4.69, 9.17) is 0 Å². The van der Waals surface area contributed by atoms with Crippen LogP contribution in [0.25, 0.3) is 0 Å². The van der Waals surface area contributed by atoms with Crippen LogP contribution in [0.1, 0.15) is 29.1 Å². The van der Waals surface area contributed by atoms with E-state index in [-0.39, 0.29) is 10.0 Å². The molecule has 0 fully saturated rings. The van der Waals surface area contributed by atoms with Gasteiger partial charge in [-0.05, 0) is 53.1 Å². The quantitative estimate of drug-likeness (QED) is 0.859. The molecule has 0 saturated heterocycles. The fourth-order valence-electron chi connectivity index (χ4n) is 1.84. The highest BCUT2D eigenvalue weighted by Gasteiger charge is 2.26. The molecule has 0 amide bonds. The predicted octanol–water partition coefficient (Wildman–Crippen LogP) is 3.59. The van der Waals surface area contributed by atoms with Gasteiger partial charge in [-0.1, -0.05) is 11.4 Å². The number of halogens is 3. The first-order valence-corrected chi connectivity index (χ1v) is 7.28. The molecule has 0 saturated carbocycles. The van der Waals surface area contributed by atoms with Crippen molar-refractivity contribution in [2.24, 2.45) is 0 Å². The summed E-state index contributed by atoms with van der Waals surface area (Å²) in [6.45, 7) is 4.23. The monoisotopic (exact) mass is 347 g/mol. The number of aromatic nitrogens is 2. The zero-order valence-electron chi connectivity index (χ0n) is 10.4. The fraction of sp³-hybridized carbons (Fsp3) is 0.333. The summed E-state index contributed by atoms with van der Waals surface area (Å²) in [4.78, 5) is 0.720. The predicted molar refractivity (Wildman–Crippen MR) is 74.2 cm³/mol. The minimum absolute atomic E-state index is 0.00891. The Morgan fingerprint density at radius 3 is 2.74 bits per heavy atom. The zero-order valence-corrected chi connectivity index (χ0v) is 12.8. The molecule has 0 aliphatic carbocycles. The van der Waals surface area contributed by atoms with Gasteiger partial charge in [-0.3, -0.25) is 0 Å². The molecule has 1 heterocycles. The number of nitrogens with one attached hydrogen (secondary N) is 1. The molecular weight excluding hydrogens is 336 g/mol. The third-order valence-corrected chi connectivity index (χ3v) is 4.23. The van der Waals surface area contributed by atoms with Crippen molar-refractivity contribution >= 4 is 27.5 Å². The summed E-state index contributed by atoms with van der Waals surface area (Å²) in [6, 6.07) is 2.02. The van der Waals surface area contributed by atoms with Crippen molar-refractivity contribution < 1.29 is 8.78 Å². The second-order valence-electron chi connectivity index (χ2n) is 3.97. The Labute approximate surface area is 122 Å². The number of hydrogen-bond acceptors (Lipinski definition) is 4. The van der Waals surface area contributed by atoms with Crippen molar-refractivity contribution in [3.05, 3.63) is 44.4 Å². The molecule has 102 valence electrons. The number of aryl methyl sites for hydroxylation is 1. The first-order valence-electron chi connectivity index (χ1n) is 5.71. The summed E-state index contributed by atoms with van der Waals surface area (Å²) < 4.78 is 32.3. The van der Waals surface area contributed by atoms with Crippen LogP contribution in [0, 0.1) is 18.6 Å².